The first-order valence-electron chi connectivity index (χ1n) is 12.5. The number of rotatable bonds is 8. The van der Waals surface area contributed by atoms with Gasteiger partial charge in [-0.25, -0.2) is 9.97 Å². The van der Waals surface area contributed by atoms with Gasteiger partial charge >= 0.3 is 5.97 Å². The van der Waals surface area contributed by atoms with Crippen molar-refractivity contribution < 1.29 is 15.0 Å². The van der Waals surface area contributed by atoms with Crippen molar-refractivity contribution in [2.24, 2.45) is 11.8 Å². The lowest BCUT2D eigenvalue weighted by Crippen LogP contribution is -2.30. The van der Waals surface area contributed by atoms with Crippen molar-refractivity contribution in [1.29, 1.82) is 0 Å². The maximum Gasteiger partial charge on any atom is 0.306 e. The topological polar surface area (TPSA) is 108 Å². The Labute approximate surface area is 205 Å². The highest BCUT2D eigenvalue weighted by atomic mass is 16.4. The Morgan fingerprint density at radius 3 is 2.51 bits per heavy atom. The van der Waals surface area contributed by atoms with E-state index in [0.717, 1.165) is 47.0 Å². The minimum absolute atomic E-state index is 0.131. The zero-order chi connectivity index (χ0) is 24.4. The highest BCUT2D eigenvalue weighted by Crippen LogP contribution is 2.40. The number of aliphatic hydroxyl groups is 1. The van der Waals surface area contributed by atoms with Crippen LogP contribution in [0.25, 0.3) is 11.3 Å². The van der Waals surface area contributed by atoms with Crippen LogP contribution in [-0.4, -0.2) is 37.2 Å². The van der Waals surface area contributed by atoms with Gasteiger partial charge in [0.2, 0.25) is 0 Å². The zero-order valence-corrected chi connectivity index (χ0v) is 20.0. The van der Waals surface area contributed by atoms with Crippen LogP contribution in [0.2, 0.25) is 0 Å². The molecule has 2 fully saturated rings. The molecule has 2 saturated carbocycles. The molecule has 0 aliphatic heterocycles. The predicted octanol–water partition coefficient (Wildman–Crippen LogP) is 5.26. The number of aliphatic hydroxyl groups excluding tert-OH is 1. The summed E-state index contributed by atoms with van der Waals surface area (Å²) < 4.78 is 0. The van der Waals surface area contributed by atoms with E-state index in [1.54, 1.807) is 6.20 Å². The summed E-state index contributed by atoms with van der Waals surface area (Å²) in [5.41, 5.74) is 4.99. The largest absolute Gasteiger partial charge is 0.481 e. The minimum Gasteiger partial charge on any atom is -0.481 e. The molecule has 0 aromatic carbocycles. The summed E-state index contributed by atoms with van der Waals surface area (Å²) in [4.78, 5) is 25.0. The molecule has 3 aromatic heterocycles. The van der Waals surface area contributed by atoms with E-state index in [9.17, 15) is 15.0 Å². The first kappa shape index (κ1) is 23.4. The van der Waals surface area contributed by atoms with Gasteiger partial charge in [-0.1, -0.05) is 0 Å². The fourth-order valence-electron chi connectivity index (χ4n) is 5.02. The van der Waals surface area contributed by atoms with E-state index in [1.165, 1.54) is 18.4 Å². The quantitative estimate of drug-likeness (QED) is 0.410. The molecule has 182 valence electrons. The van der Waals surface area contributed by atoms with Crippen molar-refractivity contribution in [3.63, 3.8) is 0 Å². The van der Waals surface area contributed by atoms with Crippen LogP contribution in [0.1, 0.15) is 61.3 Å². The lowest BCUT2D eigenvalue weighted by molar-refractivity contribution is -0.143. The summed E-state index contributed by atoms with van der Waals surface area (Å²) in [5, 5.41) is 23.2. The molecule has 2 aliphatic rings. The van der Waals surface area contributed by atoms with Gasteiger partial charge in [0.15, 0.2) is 0 Å². The molecule has 7 nitrogen and oxygen atoms in total. The first-order chi connectivity index (χ1) is 16.9. The van der Waals surface area contributed by atoms with Gasteiger partial charge in [0.1, 0.15) is 11.6 Å². The molecular formula is C28H32N4O3. The molecule has 5 rings (SSSR count). The van der Waals surface area contributed by atoms with Crippen LogP contribution in [-0.2, 0) is 11.2 Å². The van der Waals surface area contributed by atoms with E-state index < -0.39 is 12.1 Å². The van der Waals surface area contributed by atoms with E-state index >= 15 is 0 Å². The highest BCUT2D eigenvalue weighted by Gasteiger charge is 2.30. The lowest BCUT2D eigenvalue weighted by atomic mass is 9.78. The van der Waals surface area contributed by atoms with Crippen LogP contribution in [0.4, 0.5) is 11.6 Å². The van der Waals surface area contributed by atoms with Crippen molar-refractivity contribution in [3.8, 4) is 11.3 Å². The number of carboxylic acid groups (broad SMARTS) is 1. The normalized spacial score (nSPS) is 20.9. The lowest BCUT2D eigenvalue weighted by Gasteiger charge is -2.29. The maximum absolute atomic E-state index is 11.2. The third-order valence-corrected chi connectivity index (χ3v) is 7.26. The summed E-state index contributed by atoms with van der Waals surface area (Å²) in [6, 6.07) is 12.2. The summed E-state index contributed by atoms with van der Waals surface area (Å²) >= 11 is 0. The number of carbonyl (C=O) groups is 1. The molecule has 0 radical (unpaired) electrons. The number of hydrogen-bond acceptors (Lipinski definition) is 6. The van der Waals surface area contributed by atoms with Crippen LogP contribution in [0.15, 0.2) is 48.8 Å². The van der Waals surface area contributed by atoms with Crippen molar-refractivity contribution in [1.82, 2.24) is 15.0 Å². The van der Waals surface area contributed by atoms with Gasteiger partial charge in [-0.05, 0) is 105 Å². The number of hydrogen-bond donors (Lipinski definition) is 3. The number of carboxylic acids is 1. The van der Waals surface area contributed by atoms with Crippen LogP contribution >= 0.6 is 0 Å². The van der Waals surface area contributed by atoms with E-state index in [2.05, 4.69) is 27.4 Å². The Morgan fingerprint density at radius 1 is 1.03 bits per heavy atom. The van der Waals surface area contributed by atoms with Crippen LogP contribution in [0, 0.1) is 18.8 Å². The summed E-state index contributed by atoms with van der Waals surface area (Å²) in [6.45, 7) is 2.04. The number of aromatic nitrogens is 3. The molecule has 3 N–H and O–H groups in total. The summed E-state index contributed by atoms with van der Waals surface area (Å²) in [7, 11) is 0. The van der Waals surface area contributed by atoms with Gasteiger partial charge in [0.25, 0.3) is 0 Å². The number of anilines is 2. The third-order valence-electron chi connectivity index (χ3n) is 7.26. The van der Waals surface area contributed by atoms with Crippen molar-refractivity contribution >= 4 is 17.6 Å². The van der Waals surface area contributed by atoms with Gasteiger partial charge in [-0.3, -0.25) is 9.78 Å². The monoisotopic (exact) mass is 472 g/mol. The maximum atomic E-state index is 11.2. The SMILES string of the molecule is Cc1cc(Nc2cc(C3CC3)ccn2)nc(-c2ccc(CC(O)C3CCC(C(=O)O)CC3)nc2)c1. The van der Waals surface area contributed by atoms with Crippen molar-refractivity contribution in [3.05, 3.63) is 65.6 Å². The average molecular weight is 473 g/mol. The van der Waals surface area contributed by atoms with Crippen LogP contribution in [0.3, 0.4) is 0 Å². The Balaban J connectivity index is 1.24. The Bertz CT molecular complexity index is 1190. The van der Waals surface area contributed by atoms with Gasteiger partial charge in [0.05, 0.1) is 17.7 Å². The van der Waals surface area contributed by atoms with Gasteiger partial charge in [-0.2, -0.15) is 0 Å². The Morgan fingerprint density at radius 2 is 1.83 bits per heavy atom. The zero-order valence-electron chi connectivity index (χ0n) is 20.0. The molecule has 1 unspecified atom stereocenters. The fourth-order valence-corrected chi connectivity index (χ4v) is 5.02. The molecular weight excluding hydrogens is 440 g/mol. The molecule has 2 aliphatic carbocycles. The summed E-state index contributed by atoms with van der Waals surface area (Å²) in [5.74, 6) is 1.36. The summed E-state index contributed by atoms with van der Waals surface area (Å²) in [6.07, 6.45) is 8.90. The number of pyridine rings is 3. The molecule has 0 spiro atoms. The molecule has 0 amide bonds. The van der Waals surface area contributed by atoms with Gasteiger partial charge < -0.3 is 15.5 Å². The second kappa shape index (κ2) is 10.1. The van der Waals surface area contributed by atoms with Crippen molar-refractivity contribution in [2.75, 3.05) is 5.32 Å². The molecule has 3 heterocycles. The second-order valence-electron chi connectivity index (χ2n) is 10.0. The Hall–Kier alpha value is -3.32. The molecule has 0 bridgehead atoms. The smallest absolute Gasteiger partial charge is 0.306 e. The first-order valence-corrected chi connectivity index (χ1v) is 12.5. The number of nitrogens with zero attached hydrogens (tertiary/aromatic N) is 3. The molecule has 3 aromatic rings. The Kier molecular flexibility index (Phi) is 6.77. The number of aryl methyl sites for hydroxylation is 1. The molecule has 35 heavy (non-hydrogen) atoms. The fraction of sp³-hybridized carbons (Fsp3) is 0.429. The van der Waals surface area contributed by atoms with Gasteiger partial charge in [-0.15, -0.1) is 0 Å². The van der Waals surface area contributed by atoms with E-state index in [-0.39, 0.29) is 11.8 Å². The molecule has 1 atom stereocenters. The number of nitrogens with one attached hydrogen (secondary N) is 1. The average Bonchev–Trinajstić information content (AvgIpc) is 3.70. The molecule has 7 heteroatoms. The predicted molar refractivity (Wildman–Crippen MR) is 134 cm³/mol. The van der Waals surface area contributed by atoms with Crippen molar-refractivity contribution in [2.45, 2.75) is 63.9 Å². The van der Waals surface area contributed by atoms with Crippen LogP contribution < -0.4 is 5.32 Å². The number of aliphatic carboxylic acids is 1. The highest BCUT2D eigenvalue weighted by molar-refractivity contribution is 5.70. The van der Waals surface area contributed by atoms with Gasteiger partial charge in [0, 0.05) is 30.1 Å². The van der Waals surface area contributed by atoms with E-state index in [1.807, 2.05) is 37.4 Å². The van der Waals surface area contributed by atoms with E-state index in [0.29, 0.717) is 25.2 Å². The second-order valence-corrected chi connectivity index (χ2v) is 10.0. The minimum atomic E-state index is -0.721. The molecule has 0 saturated heterocycles. The van der Waals surface area contributed by atoms with Crippen LogP contribution in [0.5, 0.6) is 0 Å². The third kappa shape index (κ3) is 5.85. The standard InChI is InChI=1S/C28H32N4O3/c1-17-12-24(31-27(13-17)32-26-14-21(10-11-29-26)18-2-3-18)22-8-9-23(30-16-22)15-25(33)19-4-6-20(7-5-19)28(34)35/h8-14,16,18-20,25,33H,2-7,15H2,1H3,(H,34,35)(H,29,31,32). The van der Waals surface area contributed by atoms with E-state index in [4.69, 9.17) is 4.98 Å².